The van der Waals surface area contributed by atoms with Crippen LogP contribution in [0.2, 0.25) is 0 Å². The minimum absolute atomic E-state index is 0.103. The molecule has 2 atom stereocenters. The second-order valence-corrected chi connectivity index (χ2v) is 9.22. The first-order valence-corrected chi connectivity index (χ1v) is 12.0. The number of fused-ring (bicyclic) bond motifs is 3. The topological polar surface area (TPSA) is 35.6 Å². The van der Waals surface area contributed by atoms with Crippen LogP contribution in [0, 0.1) is 5.92 Å². The van der Waals surface area contributed by atoms with Crippen LogP contribution in [0.3, 0.4) is 0 Å². The maximum absolute atomic E-state index is 13.4. The number of carbonyl (C=O) groups is 1. The van der Waals surface area contributed by atoms with Crippen molar-refractivity contribution in [3.63, 3.8) is 0 Å². The fraction of sp³-hybridized carbons (Fsp3) is 0.321. The lowest BCUT2D eigenvalue weighted by atomic mass is 9.82. The Morgan fingerprint density at radius 3 is 2.37 bits per heavy atom. The summed E-state index contributed by atoms with van der Waals surface area (Å²) < 4.78 is 40.2. The Morgan fingerprint density at radius 1 is 0.943 bits per heavy atom. The molecule has 3 aromatic carbocycles. The maximum atomic E-state index is 13.4. The van der Waals surface area contributed by atoms with Gasteiger partial charge < -0.3 is 15.1 Å². The minimum atomic E-state index is -4.41. The molecule has 1 saturated heterocycles. The van der Waals surface area contributed by atoms with Crippen LogP contribution in [-0.2, 0) is 23.8 Å². The van der Waals surface area contributed by atoms with Crippen molar-refractivity contribution in [2.75, 3.05) is 36.0 Å². The Morgan fingerprint density at radius 2 is 1.66 bits per heavy atom. The molecule has 0 spiro atoms. The van der Waals surface area contributed by atoms with Gasteiger partial charge >= 0.3 is 6.18 Å². The van der Waals surface area contributed by atoms with E-state index in [1.165, 1.54) is 6.07 Å². The summed E-state index contributed by atoms with van der Waals surface area (Å²) >= 11 is 0. The molecule has 2 aliphatic rings. The highest BCUT2D eigenvalue weighted by molar-refractivity contribution is 5.82. The number of amides is 1. The first-order chi connectivity index (χ1) is 16.9. The molecule has 3 aromatic rings. The van der Waals surface area contributed by atoms with Crippen LogP contribution in [-0.4, -0.2) is 38.1 Å². The van der Waals surface area contributed by atoms with Crippen molar-refractivity contribution in [1.82, 2.24) is 5.32 Å². The number of alkyl halides is 3. The first kappa shape index (κ1) is 23.3. The highest BCUT2D eigenvalue weighted by atomic mass is 19.4. The molecule has 2 aliphatic heterocycles. The number of nitrogens with zero attached hydrogens (tertiary/aromatic N) is 2. The molecule has 0 aromatic heterocycles. The SMILES string of the molecule is O=C(NCCc1ccccc1)C1Cc2cc(C(F)(F)F)ccc2N2CCN(c3ccccc3)CC12. The number of anilines is 2. The molecule has 182 valence electrons. The number of piperazine rings is 1. The summed E-state index contributed by atoms with van der Waals surface area (Å²) in [7, 11) is 0. The predicted octanol–water partition coefficient (Wildman–Crippen LogP) is 4.93. The van der Waals surface area contributed by atoms with E-state index in [1.807, 2.05) is 48.5 Å². The van der Waals surface area contributed by atoms with E-state index in [1.54, 1.807) is 6.07 Å². The van der Waals surface area contributed by atoms with E-state index in [-0.39, 0.29) is 11.9 Å². The molecule has 2 heterocycles. The van der Waals surface area contributed by atoms with E-state index in [4.69, 9.17) is 0 Å². The van der Waals surface area contributed by atoms with Crippen LogP contribution in [0.1, 0.15) is 16.7 Å². The van der Waals surface area contributed by atoms with Gasteiger partial charge in [-0.2, -0.15) is 13.2 Å². The molecule has 5 rings (SSSR count). The number of para-hydroxylation sites is 1. The lowest BCUT2D eigenvalue weighted by Crippen LogP contribution is -2.61. The van der Waals surface area contributed by atoms with Gasteiger partial charge in [0.1, 0.15) is 0 Å². The Bertz CT molecular complexity index is 1170. The van der Waals surface area contributed by atoms with Crippen LogP contribution >= 0.6 is 0 Å². The molecule has 0 saturated carbocycles. The van der Waals surface area contributed by atoms with Gasteiger partial charge in [-0.1, -0.05) is 48.5 Å². The highest BCUT2D eigenvalue weighted by Gasteiger charge is 2.42. The zero-order valence-corrected chi connectivity index (χ0v) is 19.3. The van der Waals surface area contributed by atoms with Crippen molar-refractivity contribution in [3.8, 4) is 0 Å². The quantitative estimate of drug-likeness (QED) is 0.564. The van der Waals surface area contributed by atoms with Gasteiger partial charge in [0, 0.05) is 37.6 Å². The van der Waals surface area contributed by atoms with Gasteiger partial charge in [0.2, 0.25) is 5.91 Å². The zero-order valence-electron chi connectivity index (χ0n) is 19.3. The van der Waals surface area contributed by atoms with Crippen LogP contribution in [0.15, 0.2) is 78.9 Å². The van der Waals surface area contributed by atoms with E-state index in [0.717, 1.165) is 29.5 Å². The molecule has 0 aliphatic carbocycles. The Kier molecular flexibility index (Phi) is 6.41. The van der Waals surface area contributed by atoms with Crippen molar-refractivity contribution in [1.29, 1.82) is 0 Å². The van der Waals surface area contributed by atoms with Gasteiger partial charge in [-0.25, -0.2) is 0 Å². The van der Waals surface area contributed by atoms with E-state index in [2.05, 4.69) is 27.2 Å². The van der Waals surface area contributed by atoms with Gasteiger partial charge in [-0.15, -0.1) is 0 Å². The first-order valence-electron chi connectivity index (χ1n) is 12.0. The van der Waals surface area contributed by atoms with Crippen molar-refractivity contribution in [3.05, 3.63) is 95.6 Å². The fourth-order valence-electron chi connectivity index (χ4n) is 5.28. The number of halogens is 3. The maximum Gasteiger partial charge on any atom is 0.416 e. The third-order valence-corrected chi connectivity index (χ3v) is 7.05. The van der Waals surface area contributed by atoms with E-state index < -0.39 is 17.7 Å². The average molecular weight is 480 g/mol. The van der Waals surface area contributed by atoms with Crippen LogP contribution in [0.25, 0.3) is 0 Å². The van der Waals surface area contributed by atoms with Crippen LogP contribution in [0.5, 0.6) is 0 Å². The fourth-order valence-corrected chi connectivity index (χ4v) is 5.28. The van der Waals surface area contributed by atoms with Crippen LogP contribution in [0.4, 0.5) is 24.5 Å². The standard InChI is InChI=1S/C28H28F3N3O/c29-28(30,31)22-11-12-25-21(17-22)18-24(27(35)32-14-13-20-7-3-1-4-8-20)26-19-33(15-16-34(25)26)23-9-5-2-6-10-23/h1-12,17,24,26H,13-16,18-19H2,(H,32,35). The smallest absolute Gasteiger partial charge is 0.368 e. The molecular weight excluding hydrogens is 451 g/mol. The number of hydrogen-bond acceptors (Lipinski definition) is 3. The molecule has 35 heavy (non-hydrogen) atoms. The summed E-state index contributed by atoms with van der Waals surface area (Å²) in [6.07, 6.45) is -3.41. The van der Waals surface area contributed by atoms with Crippen molar-refractivity contribution < 1.29 is 18.0 Å². The third kappa shape index (κ3) is 4.99. The number of carbonyl (C=O) groups excluding carboxylic acids is 1. The van der Waals surface area contributed by atoms with Crippen molar-refractivity contribution in [2.24, 2.45) is 5.92 Å². The summed E-state index contributed by atoms with van der Waals surface area (Å²) in [6.45, 7) is 2.51. The number of rotatable bonds is 5. The summed E-state index contributed by atoms with van der Waals surface area (Å²) in [4.78, 5) is 17.8. The number of benzene rings is 3. The van der Waals surface area contributed by atoms with Gasteiger partial charge in [-0.3, -0.25) is 4.79 Å². The lowest BCUT2D eigenvalue weighted by molar-refractivity contribution is -0.137. The van der Waals surface area contributed by atoms with Crippen LogP contribution < -0.4 is 15.1 Å². The van der Waals surface area contributed by atoms with Gasteiger partial charge in [0.15, 0.2) is 0 Å². The summed E-state index contributed by atoms with van der Waals surface area (Å²) in [6, 6.07) is 23.8. The molecule has 7 heteroatoms. The van der Waals surface area contributed by atoms with E-state index in [0.29, 0.717) is 38.0 Å². The minimum Gasteiger partial charge on any atom is -0.368 e. The van der Waals surface area contributed by atoms with Crippen molar-refractivity contribution >= 4 is 17.3 Å². The molecule has 0 radical (unpaired) electrons. The monoisotopic (exact) mass is 479 g/mol. The second kappa shape index (κ2) is 9.64. The normalized spacial score (nSPS) is 19.6. The lowest BCUT2D eigenvalue weighted by Gasteiger charge is -2.49. The summed E-state index contributed by atoms with van der Waals surface area (Å²) in [5.41, 5.74) is 2.96. The summed E-state index contributed by atoms with van der Waals surface area (Å²) in [5, 5.41) is 3.06. The van der Waals surface area contributed by atoms with E-state index >= 15 is 0 Å². The van der Waals surface area contributed by atoms with Crippen molar-refractivity contribution in [2.45, 2.75) is 25.1 Å². The Labute approximate surface area is 203 Å². The third-order valence-electron chi connectivity index (χ3n) is 7.05. The molecule has 1 fully saturated rings. The Balaban J connectivity index is 1.40. The number of hydrogen-bond donors (Lipinski definition) is 1. The Hall–Kier alpha value is -3.48. The van der Waals surface area contributed by atoms with Gasteiger partial charge in [0.05, 0.1) is 17.5 Å². The van der Waals surface area contributed by atoms with Gasteiger partial charge in [0.25, 0.3) is 0 Å². The molecule has 2 unspecified atom stereocenters. The second-order valence-electron chi connectivity index (χ2n) is 9.22. The largest absolute Gasteiger partial charge is 0.416 e. The van der Waals surface area contributed by atoms with E-state index in [9.17, 15) is 18.0 Å². The zero-order chi connectivity index (χ0) is 24.4. The summed E-state index contributed by atoms with van der Waals surface area (Å²) in [5.74, 6) is -0.540. The molecular formula is C28H28F3N3O. The molecule has 4 nitrogen and oxygen atoms in total. The molecule has 1 amide bonds. The molecule has 1 N–H and O–H groups in total. The average Bonchev–Trinajstić information content (AvgIpc) is 2.88. The molecule has 0 bridgehead atoms. The number of nitrogens with one attached hydrogen (secondary N) is 1. The predicted molar refractivity (Wildman–Crippen MR) is 132 cm³/mol. The van der Waals surface area contributed by atoms with Gasteiger partial charge in [-0.05, 0) is 54.3 Å². The highest BCUT2D eigenvalue weighted by Crippen LogP contribution is 2.40.